The van der Waals surface area contributed by atoms with Crippen molar-refractivity contribution < 1.29 is 9.84 Å². The summed E-state index contributed by atoms with van der Waals surface area (Å²) in [6.45, 7) is 12.3. The molecule has 1 saturated heterocycles. The molecule has 0 aliphatic carbocycles. The van der Waals surface area contributed by atoms with Crippen molar-refractivity contribution in [2.75, 3.05) is 46.4 Å². The monoisotopic (exact) mass is 292 g/mol. The van der Waals surface area contributed by atoms with Crippen LogP contribution in [-0.2, 0) is 0 Å². The topological polar surface area (TPSA) is 35.9 Å². The molecule has 0 aromatic heterocycles. The maximum absolute atomic E-state index is 10.6. The number of ether oxygens (including phenoxy) is 1. The van der Waals surface area contributed by atoms with E-state index < -0.39 is 6.10 Å². The highest BCUT2D eigenvalue weighted by Crippen LogP contribution is 2.30. The number of hydrogen-bond acceptors (Lipinski definition) is 4. The first-order valence-corrected chi connectivity index (χ1v) is 7.83. The predicted octanol–water partition coefficient (Wildman–Crippen LogP) is 1.98. The van der Waals surface area contributed by atoms with Crippen LogP contribution in [-0.4, -0.2) is 61.3 Å². The summed E-state index contributed by atoms with van der Waals surface area (Å²) < 4.78 is 5.49. The summed E-state index contributed by atoms with van der Waals surface area (Å²) in [4.78, 5) is 4.79. The molecule has 1 fully saturated rings. The van der Waals surface area contributed by atoms with E-state index in [4.69, 9.17) is 4.74 Å². The third-order valence-corrected chi connectivity index (χ3v) is 4.35. The number of piperazine rings is 1. The molecule has 118 valence electrons. The number of benzene rings is 1. The number of β-amino-alcohol motifs (C(OH)–C–C–N with tert-alkyl or cyclic N) is 1. The molecule has 1 atom stereocenters. The fourth-order valence-electron chi connectivity index (χ4n) is 3.14. The SMILES string of the molecule is CCN1CCN(CC(O)c2cc(C)cc(C)c2OC)CC1. The van der Waals surface area contributed by atoms with Gasteiger partial charge in [0.1, 0.15) is 5.75 Å². The summed E-state index contributed by atoms with van der Waals surface area (Å²) in [6, 6.07) is 4.13. The van der Waals surface area contributed by atoms with Crippen LogP contribution in [0.25, 0.3) is 0 Å². The quantitative estimate of drug-likeness (QED) is 0.900. The Labute approximate surface area is 128 Å². The van der Waals surface area contributed by atoms with Gasteiger partial charge in [0.25, 0.3) is 0 Å². The summed E-state index contributed by atoms with van der Waals surface area (Å²) in [7, 11) is 1.67. The highest BCUT2D eigenvalue weighted by Gasteiger charge is 2.21. The third kappa shape index (κ3) is 3.96. The van der Waals surface area contributed by atoms with Crippen molar-refractivity contribution in [2.24, 2.45) is 0 Å². The molecule has 1 N–H and O–H groups in total. The molecule has 1 aliphatic rings. The highest BCUT2D eigenvalue weighted by atomic mass is 16.5. The van der Waals surface area contributed by atoms with Gasteiger partial charge in [-0.2, -0.15) is 0 Å². The van der Waals surface area contributed by atoms with Crippen molar-refractivity contribution in [3.05, 3.63) is 28.8 Å². The molecule has 4 heteroatoms. The molecular formula is C17H28N2O2. The van der Waals surface area contributed by atoms with Gasteiger partial charge in [0.15, 0.2) is 0 Å². The van der Waals surface area contributed by atoms with Crippen LogP contribution in [0.5, 0.6) is 5.75 Å². The molecular weight excluding hydrogens is 264 g/mol. The number of aliphatic hydroxyl groups excluding tert-OH is 1. The van der Waals surface area contributed by atoms with E-state index in [9.17, 15) is 5.11 Å². The summed E-state index contributed by atoms with van der Waals surface area (Å²) in [5, 5.41) is 10.6. The maximum Gasteiger partial charge on any atom is 0.127 e. The van der Waals surface area contributed by atoms with E-state index in [0.29, 0.717) is 6.54 Å². The fraction of sp³-hybridized carbons (Fsp3) is 0.647. The average Bonchev–Trinajstić information content (AvgIpc) is 2.47. The van der Waals surface area contributed by atoms with Gasteiger partial charge in [-0.3, -0.25) is 4.90 Å². The number of likely N-dealkylation sites (N-methyl/N-ethyl adjacent to an activating group) is 1. The predicted molar refractivity (Wildman–Crippen MR) is 86.0 cm³/mol. The van der Waals surface area contributed by atoms with Gasteiger partial charge in [-0.1, -0.05) is 18.6 Å². The zero-order valence-electron chi connectivity index (χ0n) is 13.7. The molecule has 1 unspecified atom stereocenters. The Balaban J connectivity index is 2.05. The Morgan fingerprint density at radius 3 is 2.33 bits per heavy atom. The van der Waals surface area contributed by atoms with E-state index >= 15 is 0 Å². The lowest BCUT2D eigenvalue weighted by atomic mass is 10.0. The van der Waals surface area contributed by atoms with Gasteiger partial charge in [-0.25, -0.2) is 0 Å². The Hall–Kier alpha value is -1.10. The zero-order valence-corrected chi connectivity index (χ0v) is 13.7. The van der Waals surface area contributed by atoms with Gasteiger partial charge >= 0.3 is 0 Å². The second kappa shape index (κ2) is 7.25. The molecule has 0 radical (unpaired) electrons. The first-order valence-electron chi connectivity index (χ1n) is 7.83. The van der Waals surface area contributed by atoms with Gasteiger partial charge in [0.05, 0.1) is 13.2 Å². The number of rotatable bonds is 5. The Morgan fingerprint density at radius 1 is 1.14 bits per heavy atom. The fourth-order valence-corrected chi connectivity index (χ4v) is 3.14. The van der Waals surface area contributed by atoms with Crippen LogP contribution < -0.4 is 4.74 Å². The normalized spacial score (nSPS) is 18.7. The molecule has 0 saturated carbocycles. The molecule has 2 rings (SSSR count). The van der Waals surface area contributed by atoms with E-state index in [1.54, 1.807) is 7.11 Å². The summed E-state index contributed by atoms with van der Waals surface area (Å²) in [6.07, 6.45) is -0.494. The number of hydrogen-bond donors (Lipinski definition) is 1. The average molecular weight is 292 g/mol. The minimum absolute atomic E-state index is 0.494. The number of methoxy groups -OCH3 is 1. The van der Waals surface area contributed by atoms with Crippen LogP contribution in [0.1, 0.15) is 29.7 Å². The van der Waals surface area contributed by atoms with Crippen molar-refractivity contribution in [1.29, 1.82) is 0 Å². The van der Waals surface area contributed by atoms with Crippen molar-refractivity contribution in [3.8, 4) is 5.75 Å². The minimum Gasteiger partial charge on any atom is -0.496 e. The lowest BCUT2D eigenvalue weighted by Crippen LogP contribution is -2.47. The molecule has 1 aromatic carbocycles. The molecule has 1 aromatic rings. The van der Waals surface area contributed by atoms with Gasteiger partial charge in [0, 0.05) is 38.3 Å². The molecule has 21 heavy (non-hydrogen) atoms. The summed E-state index contributed by atoms with van der Waals surface area (Å²) in [5.74, 6) is 0.820. The van der Waals surface area contributed by atoms with E-state index in [1.807, 2.05) is 13.0 Å². The largest absolute Gasteiger partial charge is 0.496 e. The van der Waals surface area contributed by atoms with Crippen molar-refractivity contribution in [1.82, 2.24) is 9.80 Å². The van der Waals surface area contributed by atoms with Gasteiger partial charge < -0.3 is 14.7 Å². The Morgan fingerprint density at radius 2 is 1.76 bits per heavy atom. The lowest BCUT2D eigenvalue weighted by Gasteiger charge is -2.35. The Bertz CT molecular complexity index is 468. The Kier molecular flexibility index (Phi) is 5.62. The van der Waals surface area contributed by atoms with E-state index in [-0.39, 0.29) is 0 Å². The zero-order chi connectivity index (χ0) is 15.4. The number of aliphatic hydroxyl groups is 1. The molecule has 0 bridgehead atoms. The van der Waals surface area contributed by atoms with Crippen molar-refractivity contribution in [3.63, 3.8) is 0 Å². The maximum atomic E-state index is 10.6. The first kappa shape index (κ1) is 16.3. The van der Waals surface area contributed by atoms with Crippen LogP contribution in [0.3, 0.4) is 0 Å². The third-order valence-electron chi connectivity index (χ3n) is 4.35. The van der Waals surface area contributed by atoms with Crippen molar-refractivity contribution in [2.45, 2.75) is 26.9 Å². The molecule has 1 heterocycles. The smallest absolute Gasteiger partial charge is 0.127 e. The molecule has 4 nitrogen and oxygen atoms in total. The summed E-state index contributed by atoms with van der Waals surface area (Å²) in [5.41, 5.74) is 3.16. The van der Waals surface area contributed by atoms with Crippen molar-refractivity contribution >= 4 is 0 Å². The van der Waals surface area contributed by atoms with Gasteiger partial charge in [0.2, 0.25) is 0 Å². The van der Waals surface area contributed by atoms with Crippen LogP contribution in [0.15, 0.2) is 12.1 Å². The molecule has 0 spiro atoms. The van der Waals surface area contributed by atoms with E-state index in [2.05, 4.69) is 29.7 Å². The number of nitrogens with zero attached hydrogens (tertiary/aromatic N) is 2. The number of aryl methyl sites for hydroxylation is 2. The van der Waals surface area contributed by atoms with Gasteiger partial charge in [-0.05, 0) is 32.0 Å². The van der Waals surface area contributed by atoms with Crippen LogP contribution >= 0.6 is 0 Å². The minimum atomic E-state index is -0.494. The highest BCUT2D eigenvalue weighted by molar-refractivity contribution is 5.45. The van der Waals surface area contributed by atoms with Gasteiger partial charge in [-0.15, -0.1) is 0 Å². The van der Waals surface area contributed by atoms with E-state index in [0.717, 1.165) is 55.2 Å². The summed E-state index contributed by atoms with van der Waals surface area (Å²) >= 11 is 0. The lowest BCUT2D eigenvalue weighted by molar-refractivity contribution is 0.0731. The second-order valence-electron chi connectivity index (χ2n) is 5.95. The second-order valence-corrected chi connectivity index (χ2v) is 5.95. The standard InChI is InChI=1S/C17H28N2O2/c1-5-18-6-8-19(9-7-18)12-16(20)15-11-13(2)10-14(3)17(15)21-4/h10-11,16,20H,5-9,12H2,1-4H3. The van der Waals surface area contributed by atoms with Crippen LogP contribution in [0.4, 0.5) is 0 Å². The van der Waals surface area contributed by atoms with E-state index in [1.165, 1.54) is 0 Å². The first-order chi connectivity index (χ1) is 10.0. The molecule has 1 aliphatic heterocycles. The van der Waals surface area contributed by atoms with Crippen LogP contribution in [0, 0.1) is 13.8 Å². The van der Waals surface area contributed by atoms with Crippen LogP contribution in [0.2, 0.25) is 0 Å². The molecule has 0 amide bonds.